The Hall–Kier alpha value is -2.32. The quantitative estimate of drug-likeness (QED) is 0.454. The van der Waals surface area contributed by atoms with Gasteiger partial charge in [-0.1, -0.05) is 6.42 Å². The lowest BCUT2D eigenvalue weighted by Crippen LogP contribution is -2.54. The number of carbonyl (C=O) groups is 2. The Labute approximate surface area is 202 Å². The Kier molecular flexibility index (Phi) is 8.67. The predicted molar refractivity (Wildman–Crippen MR) is 129 cm³/mol. The largest absolute Gasteiger partial charge is 0.497 e. The highest BCUT2D eigenvalue weighted by Crippen LogP contribution is 2.33. The van der Waals surface area contributed by atoms with Gasteiger partial charge in [0.05, 0.1) is 19.6 Å². The monoisotopic (exact) mass is 473 g/mol. The number of rotatable bonds is 12. The molecule has 1 aromatic carbocycles. The highest BCUT2D eigenvalue weighted by atomic mass is 16.5. The van der Waals surface area contributed by atoms with Crippen LogP contribution in [0.1, 0.15) is 50.5 Å². The molecular weight excluding hydrogens is 434 g/mol. The van der Waals surface area contributed by atoms with E-state index in [0.29, 0.717) is 32.7 Å². The highest BCUT2D eigenvalue weighted by Gasteiger charge is 2.38. The first-order valence-electron chi connectivity index (χ1n) is 12.7. The Morgan fingerprint density at radius 1 is 1.03 bits per heavy atom. The van der Waals surface area contributed by atoms with Gasteiger partial charge in [0.1, 0.15) is 11.5 Å². The third-order valence-electron chi connectivity index (χ3n) is 7.08. The molecule has 188 valence electrons. The summed E-state index contributed by atoms with van der Waals surface area (Å²) in [6.07, 6.45) is 6.70. The van der Waals surface area contributed by atoms with Gasteiger partial charge < -0.3 is 29.7 Å². The van der Waals surface area contributed by atoms with Crippen LogP contribution in [-0.4, -0.2) is 69.3 Å². The van der Waals surface area contributed by atoms with Crippen LogP contribution in [0.2, 0.25) is 0 Å². The fourth-order valence-electron chi connectivity index (χ4n) is 4.75. The first kappa shape index (κ1) is 24.8. The summed E-state index contributed by atoms with van der Waals surface area (Å²) in [6, 6.07) is 6.15. The molecule has 0 radical (unpaired) electrons. The summed E-state index contributed by atoms with van der Waals surface area (Å²) in [4.78, 5) is 28.0. The highest BCUT2D eigenvalue weighted by molar-refractivity contribution is 5.81. The van der Waals surface area contributed by atoms with E-state index in [1.807, 2.05) is 23.1 Å². The van der Waals surface area contributed by atoms with Gasteiger partial charge in [0, 0.05) is 63.8 Å². The molecule has 2 amide bonds. The Morgan fingerprint density at radius 3 is 2.50 bits per heavy atom. The van der Waals surface area contributed by atoms with Gasteiger partial charge in [-0.05, 0) is 49.8 Å². The van der Waals surface area contributed by atoms with Crippen molar-refractivity contribution in [2.24, 2.45) is 11.8 Å². The number of nitrogens with one attached hydrogen (secondary N) is 2. The maximum Gasteiger partial charge on any atom is 0.227 e. The smallest absolute Gasteiger partial charge is 0.227 e. The molecule has 3 fully saturated rings. The van der Waals surface area contributed by atoms with Gasteiger partial charge in [0.2, 0.25) is 11.8 Å². The van der Waals surface area contributed by atoms with Crippen LogP contribution in [0.15, 0.2) is 18.2 Å². The zero-order valence-corrected chi connectivity index (χ0v) is 20.5. The van der Waals surface area contributed by atoms with E-state index in [-0.39, 0.29) is 35.7 Å². The zero-order valence-electron chi connectivity index (χ0n) is 20.5. The van der Waals surface area contributed by atoms with Crippen molar-refractivity contribution in [1.29, 1.82) is 0 Å². The van der Waals surface area contributed by atoms with Crippen LogP contribution in [0.25, 0.3) is 0 Å². The van der Waals surface area contributed by atoms with Gasteiger partial charge in [-0.25, -0.2) is 0 Å². The van der Waals surface area contributed by atoms with Crippen LogP contribution in [0.3, 0.4) is 0 Å². The van der Waals surface area contributed by atoms with Gasteiger partial charge in [-0.2, -0.15) is 0 Å². The molecule has 34 heavy (non-hydrogen) atoms. The van der Waals surface area contributed by atoms with E-state index < -0.39 is 0 Å². The summed E-state index contributed by atoms with van der Waals surface area (Å²) in [7, 11) is 3.32. The van der Waals surface area contributed by atoms with Crippen LogP contribution in [0, 0.1) is 11.8 Å². The van der Waals surface area contributed by atoms with Crippen molar-refractivity contribution in [3.8, 4) is 11.5 Å². The van der Waals surface area contributed by atoms with E-state index in [1.54, 1.807) is 14.2 Å². The van der Waals surface area contributed by atoms with Crippen LogP contribution in [0.5, 0.6) is 11.5 Å². The first-order valence-corrected chi connectivity index (χ1v) is 12.7. The second kappa shape index (κ2) is 11.9. The van der Waals surface area contributed by atoms with Crippen LogP contribution in [0.4, 0.5) is 0 Å². The lowest BCUT2D eigenvalue weighted by Gasteiger charge is -2.35. The van der Waals surface area contributed by atoms with E-state index in [9.17, 15) is 9.59 Å². The third kappa shape index (κ3) is 6.63. The fraction of sp³-hybridized carbons (Fsp3) is 0.692. The molecule has 2 atom stereocenters. The first-order chi connectivity index (χ1) is 16.6. The summed E-state index contributed by atoms with van der Waals surface area (Å²) in [5.41, 5.74) is 1.000. The molecule has 1 aliphatic heterocycles. The van der Waals surface area contributed by atoms with Crippen molar-refractivity contribution in [2.75, 3.05) is 40.5 Å². The van der Waals surface area contributed by atoms with Crippen molar-refractivity contribution >= 4 is 11.8 Å². The molecule has 1 heterocycles. The third-order valence-corrected chi connectivity index (χ3v) is 7.08. The number of carbonyl (C=O) groups excluding carboxylic acids is 2. The lowest BCUT2D eigenvalue weighted by molar-refractivity contribution is -0.138. The van der Waals surface area contributed by atoms with Crippen LogP contribution < -0.4 is 20.1 Å². The molecule has 1 aromatic rings. The SMILES string of the molecule is COCCCOc1cc(CN(C(=O)[C@@H]2CNC[C@H](NC(=O)C3CCC3)C2)C2CC2)cc(OC)c1. The summed E-state index contributed by atoms with van der Waals surface area (Å²) in [6.45, 7) is 3.13. The molecule has 2 N–H and O–H groups in total. The number of ether oxygens (including phenoxy) is 3. The lowest BCUT2D eigenvalue weighted by atomic mass is 9.84. The molecular formula is C26H39N3O5. The number of benzene rings is 1. The Morgan fingerprint density at radius 2 is 1.82 bits per heavy atom. The van der Waals surface area contributed by atoms with E-state index in [1.165, 1.54) is 0 Å². The topological polar surface area (TPSA) is 89.1 Å². The number of methoxy groups -OCH3 is 2. The van der Waals surface area contributed by atoms with Crippen LogP contribution in [-0.2, 0) is 20.9 Å². The second-order valence-electron chi connectivity index (χ2n) is 9.83. The summed E-state index contributed by atoms with van der Waals surface area (Å²) >= 11 is 0. The maximum absolute atomic E-state index is 13.6. The average molecular weight is 474 g/mol. The Bertz CT molecular complexity index is 840. The molecule has 0 bridgehead atoms. The number of hydrogen-bond acceptors (Lipinski definition) is 6. The molecule has 2 saturated carbocycles. The molecule has 3 aliphatic rings. The second-order valence-corrected chi connectivity index (χ2v) is 9.83. The molecule has 0 aromatic heterocycles. The summed E-state index contributed by atoms with van der Waals surface area (Å²) < 4.78 is 16.5. The number of hydrogen-bond donors (Lipinski definition) is 2. The molecule has 0 spiro atoms. The van der Waals surface area contributed by atoms with E-state index in [4.69, 9.17) is 14.2 Å². The molecule has 8 heteroatoms. The average Bonchev–Trinajstić information content (AvgIpc) is 3.64. The minimum Gasteiger partial charge on any atom is -0.497 e. The van der Waals surface area contributed by atoms with E-state index in [0.717, 1.165) is 62.1 Å². The van der Waals surface area contributed by atoms with Crippen LogP contribution >= 0.6 is 0 Å². The standard InChI is InChI=1S/C26H39N3O5/c1-32-9-4-10-34-24-12-18(11-23(14-24)33-2)17-29(22-7-8-22)26(31)20-13-21(16-27-15-20)28-25(30)19-5-3-6-19/h11-12,14,19-22,27H,3-10,13,15-17H2,1-2H3,(H,28,30)/t20-,21+/m0/s1. The summed E-state index contributed by atoms with van der Waals surface area (Å²) in [5.74, 6) is 1.82. The number of piperidine rings is 1. The molecule has 8 nitrogen and oxygen atoms in total. The minimum atomic E-state index is -0.128. The van der Waals surface area contributed by atoms with Crippen molar-refractivity contribution < 1.29 is 23.8 Å². The van der Waals surface area contributed by atoms with Gasteiger partial charge in [-0.3, -0.25) is 9.59 Å². The molecule has 1 saturated heterocycles. The predicted octanol–water partition coefficient (Wildman–Crippen LogP) is 2.50. The number of nitrogens with zero attached hydrogens (tertiary/aromatic N) is 1. The van der Waals surface area contributed by atoms with Gasteiger partial charge in [0.15, 0.2) is 0 Å². The molecule has 2 aliphatic carbocycles. The summed E-state index contributed by atoms with van der Waals surface area (Å²) in [5, 5.41) is 6.55. The van der Waals surface area contributed by atoms with E-state index >= 15 is 0 Å². The zero-order chi connectivity index (χ0) is 23.9. The number of amides is 2. The molecule has 4 rings (SSSR count). The van der Waals surface area contributed by atoms with Gasteiger partial charge in [0.25, 0.3) is 0 Å². The van der Waals surface area contributed by atoms with Crippen molar-refractivity contribution in [1.82, 2.24) is 15.5 Å². The van der Waals surface area contributed by atoms with Gasteiger partial charge in [-0.15, -0.1) is 0 Å². The normalized spacial score (nSPS) is 22.5. The van der Waals surface area contributed by atoms with Gasteiger partial charge >= 0.3 is 0 Å². The van der Waals surface area contributed by atoms with E-state index in [2.05, 4.69) is 10.6 Å². The maximum atomic E-state index is 13.6. The minimum absolute atomic E-state index is 0.0146. The van der Waals surface area contributed by atoms with Crippen molar-refractivity contribution in [2.45, 2.75) is 63.6 Å². The molecule has 0 unspecified atom stereocenters. The van der Waals surface area contributed by atoms with Crippen molar-refractivity contribution in [3.05, 3.63) is 23.8 Å². The fourth-order valence-corrected chi connectivity index (χ4v) is 4.75. The van der Waals surface area contributed by atoms with Crippen molar-refractivity contribution in [3.63, 3.8) is 0 Å². The Balaban J connectivity index is 1.38.